The molecule has 1 heterocycles. The van der Waals surface area contributed by atoms with E-state index in [1.165, 1.54) is 24.3 Å². The molecule has 3 aromatic rings. The van der Waals surface area contributed by atoms with Gasteiger partial charge in [0.2, 0.25) is 0 Å². The summed E-state index contributed by atoms with van der Waals surface area (Å²) in [5, 5.41) is 11.3. The number of hydrogen-bond acceptors (Lipinski definition) is 3. The van der Waals surface area contributed by atoms with Gasteiger partial charge in [-0.2, -0.15) is 13.5 Å². The standard InChI is InChI=1S/C23H22ClF2NO3S/c1-22(2,3)17-5-8-20(9-6-17)31(29,30)15-16-4-7-19(24)14-21(16)23(25,26)18-10-12-27(28)13-11-18/h4-14H,15H2,1-3H3. The maximum absolute atomic E-state index is 15.3. The van der Waals surface area contributed by atoms with Crippen molar-refractivity contribution in [2.75, 3.05) is 0 Å². The molecule has 2 aromatic carbocycles. The molecule has 1 aromatic heterocycles. The molecule has 0 fully saturated rings. The first-order valence-corrected chi connectivity index (χ1v) is 11.5. The third-order valence-electron chi connectivity index (χ3n) is 5.00. The van der Waals surface area contributed by atoms with Crippen LogP contribution in [0.5, 0.6) is 0 Å². The summed E-state index contributed by atoms with van der Waals surface area (Å²) in [6, 6.07) is 12.2. The first kappa shape index (κ1) is 23.2. The zero-order chi connectivity index (χ0) is 23.0. The van der Waals surface area contributed by atoms with Crippen molar-refractivity contribution >= 4 is 21.4 Å². The Balaban J connectivity index is 2.01. The van der Waals surface area contributed by atoms with E-state index in [1.54, 1.807) is 12.1 Å². The molecule has 0 unspecified atom stereocenters. The predicted molar refractivity (Wildman–Crippen MR) is 116 cm³/mol. The zero-order valence-electron chi connectivity index (χ0n) is 17.3. The predicted octanol–water partition coefficient (Wildman–Crippen LogP) is 5.38. The number of rotatable bonds is 5. The first-order valence-electron chi connectivity index (χ1n) is 9.50. The van der Waals surface area contributed by atoms with E-state index in [4.69, 9.17) is 11.6 Å². The Hall–Kier alpha value is -2.51. The van der Waals surface area contributed by atoms with Crippen molar-refractivity contribution in [1.82, 2.24) is 0 Å². The van der Waals surface area contributed by atoms with Crippen molar-refractivity contribution in [1.29, 1.82) is 0 Å². The van der Waals surface area contributed by atoms with Crippen LogP contribution in [-0.2, 0) is 26.9 Å². The van der Waals surface area contributed by atoms with E-state index in [2.05, 4.69) is 0 Å². The van der Waals surface area contributed by atoms with Gasteiger partial charge in [-0.05, 0) is 40.8 Å². The maximum atomic E-state index is 15.3. The Morgan fingerprint density at radius 3 is 2.06 bits per heavy atom. The van der Waals surface area contributed by atoms with Crippen LogP contribution in [0.25, 0.3) is 0 Å². The molecule has 0 atom stereocenters. The smallest absolute Gasteiger partial charge is 0.299 e. The number of pyridine rings is 1. The highest BCUT2D eigenvalue weighted by Crippen LogP contribution is 2.39. The lowest BCUT2D eigenvalue weighted by Crippen LogP contribution is -2.26. The Kier molecular flexibility index (Phi) is 6.13. The fourth-order valence-electron chi connectivity index (χ4n) is 3.19. The third kappa shape index (κ3) is 5.05. The van der Waals surface area contributed by atoms with Crippen LogP contribution in [0.2, 0.25) is 5.02 Å². The monoisotopic (exact) mass is 465 g/mol. The van der Waals surface area contributed by atoms with Gasteiger partial charge in [0.05, 0.1) is 10.6 Å². The first-order chi connectivity index (χ1) is 14.3. The van der Waals surface area contributed by atoms with Gasteiger partial charge in [-0.3, -0.25) is 0 Å². The van der Waals surface area contributed by atoms with Crippen LogP contribution >= 0.6 is 11.6 Å². The average molecular weight is 466 g/mol. The molecule has 0 saturated heterocycles. The van der Waals surface area contributed by atoms with E-state index in [-0.39, 0.29) is 20.9 Å². The van der Waals surface area contributed by atoms with Crippen LogP contribution in [0, 0.1) is 5.21 Å². The summed E-state index contributed by atoms with van der Waals surface area (Å²) in [6.45, 7) is 6.03. The fourth-order valence-corrected chi connectivity index (χ4v) is 4.75. The number of alkyl halides is 2. The summed E-state index contributed by atoms with van der Waals surface area (Å²) in [5.74, 6) is -4.15. The Bertz CT molecular complexity index is 1190. The second kappa shape index (κ2) is 8.20. The van der Waals surface area contributed by atoms with Gasteiger partial charge < -0.3 is 5.21 Å². The number of sulfone groups is 1. The van der Waals surface area contributed by atoms with Crippen molar-refractivity contribution in [2.45, 2.75) is 42.8 Å². The van der Waals surface area contributed by atoms with Crippen LogP contribution in [-0.4, -0.2) is 8.42 Å². The quantitative estimate of drug-likeness (QED) is 0.375. The molecule has 31 heavy (non-hydrogen) atoms. The highest BCUT2D eigenvalue weighted by Gasteiger charge is 2.38. The summed E-state index contributed by atoms with van der Waals surface area (Å²) < 4.78 is 56.9. The largest absolute Gasteiger partial charge is 0.619 e. The molecule has 0 aliphatic carbocycles. The topological polar surface area (TPSA) is 61.1 Å². The molecule has 0 bridgehead atoms. The van der Waals surface area contributed by atoms with E-state index >= 15 is 8.78 Å². The Morgan fingerprint density at radius 1 is 0.935 bits per heavy atom. The molecule has 0 aliphatic rings. The van der Waals surface area contributed by atoms with E-state index in [0.29, 0.717) is 4.73 Å². The van der Waals surface area contributed by atoms with Crippen LogP contribution in [0.4, 0.5) is 8.78 Å². The third-order valence-corrected chi connectivity index (χ3v) is 6.92. The summed E-state index contributed by atoms with van der Waals surface area (Å²) >= 11 is 5.95. The molecule has 8 heteroatoms. The normalized spacial score (nSPS) is 12.7. The van der Waals surface area contributed by atoms with Gasteiger partial charge in [-0.15, -0.1) is 0 Å². The summed E-state index contributed by atoms with van der Waals surface area (Å²) in [6.07, 6.45) is 1.92. The maximum Gasteiger partial charge on any atom is 0.299 e. The van der Waals surface area contributed by atoms with Gasteiger partial charge in [-0.1, -0.05) is 50.6 Å². The van der Waals surface area contributed by atoms with Crippen molar-refractivity contribution in [3.8, 4) is 0 Å². The van der Waals surface area contributed by atoms with Gasteiger partial charge in [0.25, 0.3) is 5.92 Å². The molecular weight excluding hydrogens is 444 g/mol. The summed E-state index contributed by atoms with van der Waals surface area (Å²) in [7, 11) is -3.89. The van der Waals surface area contributed by atoms with Crippen molar-refractivity contribution < 1.29 is 21.9 Å². The van der Waals surface area contributed by atoms with Crippen molar-refractivity contribution in [3.05, 3.63) is 99.5 Å². The second-order valence-corrected chi connectivity index (χ2v) is 10.8. The highest BCUT2D eigenvalue weighted by atomic mass is 35.5. The fraction of sp³-hybridized carbons (Fsp3) is 0.261. The number of aromatic nitrogens is 1. The molecule has 0 aliphatic heterocycles. The van der Waals surface area contributed by atoms with Crippen LogP contribution in [0.1, 0.15) is 43.0 Å². The van der Waals surface area contributed by atoms with E-state index in [9.17, 15) is 13.6 Å². The van der Waals surface area contributed by atoms with Crippen molar-refractivity contribution in [2.24, 2.45) is 0 Å². The molecule has 0 N–H and O–H groups in total. The van der Waals surface area contributed by atoms with E-state index in [0.717, 1.165) is 36.2 Å². The number of benzene rings is 2. The second-order valence-electron chi connectivity index (χ2n) is 8.36. The van der Waals surface area contributed by atoms with Crippen molar-refractivity contribution in [3.63, 3.8) is 0 Å². The van der Waals surface area contributed by atoms with Crippen LogP contribution in [0.15, 0.2) is 71.9 Å². The number of hydrogen-bond donors (Lipinski definition) is 0. The zero-order valence-corrected chi connectivity index (χ0v) is 18.8. The Labute approximate surface area is 185 Å². The highest BCUT2D eigenvalue weighted by molar-refractivity contribution is 7.90. The Morgan fingerprint density at radius 2 is 1.52 bits per heavy atom. The lowest BCUT2D eigenvalue weighted by atomic mass is 9.87. The van der Waals surface area contributed by atoms with Gasteiger partial charge in [0, 0.05) is 28.3 Å². The lowest BCUT2D eigenvalue weighted by molar-refractivity contribution is -0.605. The molecule has 0 radical (unpaired) electrons. The van der Waals surface area contributed by atoms with E-state index < -0.39 is 32.6 Å². The van der Waals surface area contributed by atoms with E-state index in [1.807, 2.05) is 20.8 Å². The number of nitrogens with zero attached hydrogens (tertiary/aromatic N) is 1. The molecule has 3 rings (SSSR count). The number of halogens is 3. The minimum Gasteiger partial charge on any atom is -0.619 e. The van der Waals surface area contributed by atoms with Gasteiger partial charge >= 0.3 is 0 Å². The van der Waals surface area contributed by atoms with Crippen LogP contribution < -0.4 is 4.73 Å². The molecule has 4 nitrogen and oxygen atoms in total. The summed E-state index contributed by atoms with van der Waals surface area (Å²) in [4.78, 5) is 0.0526. The molecule has 0 amide bonds. The summed E-state index contributed by atoms with van der Waals surface area (Å²) in [5.41, 5.74) is -0.197. The van der Waals surface area contributed by atoms with Crippen LogP contribution in [0.3, 0.4) is 0 Å². The molecule has 0 spiro atoms. The van der Waals surface area contributed by atoms with Gasteiger partial charge in [0.1, 0.15) is 0 Å². The van der Waals surface area contributed by atoms with Gasteiger partial charge in [0.15, 0.2) is 22.2 Å². The minimum absolute atomic E-state index is 0.0526. The minimum atomic E-state index is -3.89. The average Bonchev–Trinajstić information content (AvgIpc) is 2.69. The SMILES string of the molecule is CC(C)(C)c1ccc(S(=O)(=O)Cc2ccc(Cl)cc2C(F)(F)c2cc[n+]([O-])cc2)cc1. The lowest BCUT2D eigenvalue weighted by Gasteiger charge is -2.21. The molecular formula is C23H22ClF2NO3S. The molecule has 164 valence electrons. The molecule has 0 saturated carbocycles. The van der Waals surface area contributed by atoms with Gasteiger partial charge in [-0.25, -0.2) is 8.42 Å².